The highest BCUT2D eigenvalue weighted by molar-refractivity contribution is 5.95. The summed E-state index contributed by atoms with van der Waals surface area (Å²) in [4.78, 5) is 3.20. The second-order valence-electron chi connectivity index (χ2n) is 3.10. The van der Waals surface area contributed by atoms with Gasteiger partial charge >= 0.3 is 0 Å². The van der Waals surface area contributed by atoms with Gasteiger partial charge in [-0.1, -0.05) is 30.7 Å². The molecule has 68 valence electrons. The van der Waals surface area contributed by atoms with Crippen LogP contribution in [0.25, 0.3) is 16.5 Å². The first-order valence-electron chi connectivity index (χ1n) is 4.51. The number of aromatic nitrogens is 1. The highest BCUT2D eigenvalue weighted by Gasteiger charge is 2.03. The van der Waals surface area contributed by atoms with Crippen molar-refractivity contribution in [1.29, 1.82) is 0 Å². The molecule has 2 aromatic rings. The molecule has 0 radical (unpaired) electrons. The maximum atomic E-state index is 3.94. The van der Waals surface area contributed by atoms with Gasteiger partial charge in [-0.05, 0) is 13.0 Å². The van der Waals surface area contributed by atoms with Crippen molar-refractivity contribution in [3.05, 3.63) is 42.6 Å². The van der Waals surface area contributed by atoms with E-state index in [1.807, 2.05) is 31.3 Å². The summed E-state index contributed by atoms with van der Waals surface area (Å²) >= 11 is 0. The molecule has 0 bridgehead atoms. The van der Waals surface area contributed by atoms with E-state index in [9.17, 15) is 0 Å². The van der Waals surface area contributed by atoms with Crippen LogP contribution in [0.15, 0.2) is 37.0 Å². The minimum absolute atomic E-state index is 0.866. The van der Waals surface area contributed by atoms with Crippen molar-refractivity contribution in [2.45, 2.75) is 6.92 Å². The average molecular weight is 181 g/mol. The van der Waals surface area contributed by atoms with E-state index in [0.717, 1.165) is 16.7 Å². The van der Waals surface area contributed by atoms with E-state index in [1.54, 1.807) is 0 Å². The van der Waals surface area contributed by atoms with Crippen LogP contribution < -0.4 is 0 Å². The van der Waals surface area contributed by atoms with Crippen LogP contribution in [0, 0.1) is 11.8 Å². The van der Waals surface area contributed by atoms with Crippen molar-refractivity contribution < 1.29 is 0 Å². The summed E-state index contributed by atoms with van der Waals surface area (Å²) in [5.41, 5.74) is 3.08. The molecule has 0 amide bonds. The average Bonchev–Trinajstić information content (AvgIpc) is 2.61. The number of allylic oxidation sites excluding steroid dienone is 1. The van der Waals surface area contributed by atoms with Crippen LogP contribution >= 0.6 is 0 Å². The Morgan fingerprint density at radius 1 is 1.36 bits per heavy atom. The van der Waals surface area contributed by atoms with E-state index in [4.69, 9.17) is 0 Å². The van der Waals surface area contributed by atoms with Crippen LogP contribution in [0.3, 0.4) is 0 Å². The summed E-state index contributed by atoms with van der Waals surface area (Å²) in [5.74, 6) is 5.83. The monoisotopic (exact) mass is 181 g/mol. The van der Waals surface area contributed by atoms with Crippen molar-refractivity contribution >= 4 is 16.5 Å². The number of benzene rings is 1. The van der Waals surface area contributed by atoms with Crippen molar-refractivity contribution in [2.24, 2.45) is 0 Å². The lowest BCUT2D eigenvalue weighted by Crippen LogP contribution is -1.75. The highest BCUT2D eigenvalue weighted by Crippen LogP contribution is 2.22. The SMILES string of the molecule is C=C(C#CC)c1c[nH]c2ccccc12. The van der Waals surface area contributed by atoms with Gasteiger partial charge in [0.1, 0.15) is 0 Å². The van der Waals surface area contributed by atoms with Gasteiger partial charge in [0.2, 0.25) is 0 Å². The van der Waals surface area contributed by atoms with Gasteiger partial charge < -0.3 is 4.98 Å². The zero-order valence-electron chi connectivity index (χ0n) is 8.09. The Labute approximate surface area is 83.5 Å². The maximum Gasteiger partial charge on any atom is 0.0460 e. The summed E-state index contributed by atoms with van der Waals surface area (Å²) in [6.45, 7) is 5.76. The number of aromatic amines is 1. The van der Waals surface area contributed by atoms with Crippen LogP contribution in [0.2, 0.25) is 0 Å². The van der Waals surface area contributed by atoms with Gasteiger partial charge in [0, 0.05) is 28.2 Å². The van der Waals surface area contributed by atoms with Crippen molar-refractivity contribution in [3.63, 3.8) is 0 Å². The summed E-state index contributed by atoms with van der Waals surface area (Å²) in [7, 11) is 0. The molecule has 1 nitrogen and oxygen atoms in total. The van der Waals surface area contributed by atoms with Gasteiger partial charge in [0.25, 0.3) is 0 Å². The first-order chi connectivity index (χ1) is 6.83. The first-order valence-corrected chi connectivity index (χ1v) is 4.51. The Bertz CT molecular complexity index is 535. The fourth-order valence-electron chi connectivity index (χ4n) is 1.54. The van der Waals surface area contributed by atoms with E-state index in [1.165, 1.54) is 5.39 Å². The van der Waals surface area contributed by atoms with Crippen LogP contribution in [0.1, 0.15) is 12.5 Å². The fourth-order valence-corrected chi connectivity index (χ4v) is 1.54. The molecule has 0 saturated heterocycles. The highest BCUT2D eigenvalue weighted by atomic mass is 14.7. The third kappa shape index (κ3) is 1.31. The van der Waals surface area contributed by atoms with Gasteiger partial charge in [0.05, 0.1) is 0 Å². The summed E-state index contributed by atoms with van der Waals surface area (Å²) in [6, 6.07) is 8.15. The molecule has 1 heterocycles. The smallest absolute Gasteiger partial charge is 0.0460 e. The van der Waals surface area contributed by atoms with E-state index >= 15 is 0 Å². The molecule has 0 aliphatic carbocycles. The molecule has 0 atom stereocenters. The lowest BCUT2D eigenvalue weighted by molar-refractivity contribution is 1.47. The quantitative estimate of drug-likeness (QED) is 0.650. The van der Waals surface area contributed by atoms with Gasteiger partial charge in [0.15, 0.2) is 0 Å². The largest absolute Gasteiger partial charge is 0.361 e. The number of hydrogen-bond donors (Lipinski definition) is 1. The molecule has 0 unspecified atom stereocenters. The van der Waals surface area contributed by atoms with Gasteiger partial charge in [-0.15, -0.1) is 5.92 Å². The number of nitrogens with one attached hydrogen (secondary N) is 1. The molecule has 2 rings (SSSR count). The Balaban J connectivity index is 2.62. The molecular formula is C13H11N. The molecule has 0 spiro atoms. The van der Waals surface area contributed by atoms with Crippen LogP contribution in [-0.4, -0.2) is 4.98 Å². The Morgan fingerprint density at radius 3 is 2.93 bits per heavy atom. The molecular weight excluding hydrogens is 170 g/mol. The molecule has 1 aromatic carbocycles. The minimum atomic E-state index is 0.866. The molecule has 0 fully saturated rings. The zero-order chi connectivity index (χ0) is 9.97. The lowest BCUT2D eigenvalue weighted by atomic mass is 10.1. The second kappa shape index (κ2) is 3.43. The van der Waals surface area contributed by atoms with E-state index in [2.05, 4.69) is 29.5 Å². The summed E-state index contributed by atoms with van der Waals surface area (Å²) < 4.78 is 0. The third-order valence-corrected chi connectivity index (χ3v) is 2.19. The van der Waals surface area contributed by atoms with Gasteiger partial charge in [-0.3, -0.25) is 0 Å². The molecule has 1 aromatic heterocycles. The topological polar surface area (TPSA) is 15.8 Å². The predicted octanol–water partition coefficient (Wildman–Crippen LogP) is 3.20. The van der Waals surface area contributed by atoms with Crippen molar-refractivity contribution in [2.75, 3.05) is 0 Å². The van der Waals surface area contributed by atoms with E-state index < -0.39 is 0 Å². The Morgan fingerprint density at radius 2 is 2.14 bits per heavy atom. The van der Waals surface area contributed by atoms with E-state index in [0.29, 0.717) is 0 Å². The summed E-state index contributed by atoms with van der Waals surface area (Å²) in [6.07, 6.45) is 1.96. The van der Waals surface area contributed by atoms with Crippen LogP contribution in [-0.2, 0) is 0 Å². The number of rotatable bonds is 1. The Kier molecular flexibility index (Phi) is 2.12. The third-order valence-electron chi connectivity index (χ3n) is 2.19. The molecule has 1 heteroatoms. The van der Waals surface area contributed by atoms with E-state index in [-0.39, 0.29) is 0 Å². The number of para-hydroxylation sites is 1. The first kappa shape index (κ1) is 8.65. The predicted molar refractivity (Wildman–Crippen MR) is 60.8 cm³/mol. The number of H-pyrrole nitrogens is 1. The minimum Gasteiger partial charge on any atom is -0.361 e. The van der Waals surface area contributed by atoms with Gasteiger partial charge in [-0.2, -0.15) is 0 Å². The van der Waals surface area contributed by atoms with Crippen molar-refractivity contribution in [1.82, 2.24) is 4.98 Å². The fraction of sp³-hybridized carbons (Fsp3) is 0.0769. The van der Waals surface area contributed by atoms with Crippen LogP contribution in [0.5, 0.6) is 0 Å². The summed E-state index contributed by atoms with van der Waals surface area (Å²) in [5, 5.41) is 1.18. The number of hydrogen-bond acceptors (Lipinski definition) is 0. The van der Waals surface area contributed by atoms with Crippen molar-refractivity contribution in [3.8, 4) is 11.8 Å². The molecule has 1 N–H and O–H groups in total. The standard InChI is InChI=1S/C13H11N/c1-3-6-10(2)12-9-14-13-8-5-4-7-11(12)13/h4-5,7-9,14H,2H2,1H3. The molecule has 0 aliphatic rings. The second-order valence-corrected chi connectivity index (χ2v) is 3.10. The molecule has 0 aliphatic heterocycles. The van der Waals surface area contributed by atoms with Crippen LogP contribution in [0.4, 0.5) is 0 Å². The lowest BCUT2D eigenvalue weighted by Gasteiger charge is -1.94. The maximum absolute atomic E-state index is 3.94. The van der Waals surface area contributed by atoms with Gasteiger partial charge in [-0.25, -0.2) is 0 Å². The zero-order valence-corrected chi connectivity index (χ0v) is 8.09. The molecule has 0 saturated carbocycles. The number of fused-ring (bicyclic) bond motifs is 1. The normalized spacial score (nSPS) is 9.50. The Hall–Kier alpha value is -1.94. The molecule has 14 heavy (non-hydrogen) atoms.